The Labute approximate surface area is 388 Å². The Hall–Kier alpha value is -2.23. The number of quaternary nitrogens is 1. The molecule has 63 heavy (non-hydrogen) atoms. The number of hydrogen-bond acceptors (Lipinski definition) is 7. The minimum absolute atomic E-state index is 0.183. The smallest absolute Gasteiger partial charge is 0.361 e. The lowest BCUT2D eigenvalue weighted by atomic mass is 10.0. The molecule has 0 aliphatic rings. The summed E-state index contributed by atoms with van der Waals surface area (Å²) in [5.41, 5.74) is 0. The largest absolute Gasteiger partial charge is 0.477 e. The van der Waals surface area contributed by atoms with Gasteiger partial charge >= 0.3 is 17.9 Å². The summed E-state index contributed by atoms with van der Waals surface area (Å²) in [6.45, 7) is 4.89. The Morgan fingerprint density at radius 2 is 0.810 bits per heavy atom. The highest BCUT2D eigenvalue weighted by molar-refractivity contribution is 5.71. The molecule has 0 saturated heterocycles. The molecule has 0 spiro atoms. The topological polar surface area (TPSA) is 108 Å². The van der Waals surface area contributed by atoms with Gasteiger partial charge in [-0.05, 0) is 64.2 Å². The minimum Gasteiger partial charge on any atom is -0.477 e. The lowest BCUT2D eigenvalue weighted by Crippen LogP contribution is -2.40. The molecule has 0 aromatic carbocycles. The molecule has 0 bridgehead atoms. The van der Waals surface area contributed by atoms with Crippen LogP contribution in [0.4, 0.5) is 0 Å². The highest BCUT2D eigenvalue weighted by atomic mass is 16.7. The number of rotatable bonds is 49. The number of esters is 2. The van der Waals surface area contributed by atoms with E-state index in [-0.39, 0.29) is 32.2 Å². The van der Waals surface area contributed by atoms with Gasteiger partial charge in [0.1, 0.15) is 13.2 Å². The Morgan fingerprint density at radius 3 is 1.17 bits per heavy atom. The van der Waals surface area contributed by atoms with Crippen molar-refractivity contribution >= 4 is 17.9 Å². The van der Waals surface area contributed by atoms with Crippen LogP contribution in [-0.2, 0) is 33.3 Å². The number of carboxylic acids is 1. The number of carbonyl (C=O) groups is 3. The SMILES string of the molecule is CCCCCCCC/C=C\CCCCCCCC(=O)OCC(COC(OCC[N+](C)(C)C)C(=O)O)OC(=O)CCCCCCCCCCCCC/C=C\CCCCCCCCCC. The van der Waals surface area contributed by atoms with Gasteiger partial charge in [-0.25, -0.2) is 4.79 Å². The lowest BCUT2D eigenvalue weighted by molar-refractivity contribution is -0.870. The van der Waals surface area contributed by atoms with Crippen LogP contribution in [0.25, 0.3) is 0 Å². The van der Waals surface area contributed by atoms with Crippen molar-refractivity contribution in [1.82, 2.24) is 0 Å². The number of allylic oxidation sites excluding steroid dienone is 4. The van der Waals surface area contributed by atoms with E-state index in [1.807, 2.05) is 21.1 Å². The van der Waals surface area contributed by atoms with E-state index in [1.165, 1.54) is 167 Å². The first-order valence-electron chi connectivity index (χ1n) is 26.5. The summed E-state index contributed by atoms with van der Waals surface area (Å²) in [7, 11) is 5.96. The van der Waals surface area contributed by atoms with Crippen molar-refractivity contribution in [2.45, 2.75) is 257 Å². The highest BCUT2D eigenvalue weighted by Crippen LogP contribution is 2.16. The van der Waals surface area contributed by atoms with Crippen LogP contribution in [0.3, 0.4) is 0 Å². The van der Waals surface area contributed by atoms with Gasteiger partial charge in [0.25, 0.3) is 6.29 Å². The molecule has 0 aliphatic carbocycles. The molecule has 1 N–H and O–H groups in total. The molecule has 9 nitrogen and oxygen atoms in total. The second kappa shape index (κ2) is 46.3. The van der Waals surface area contributed by atoms with E-state index in [1.54, 1.807) is 0 Å². The first kappa shape index (κ1) is 60.8. The number of unbranched alkanes of at least 4 members (excludes halogenated alkanes) is 30. The van der Waals surface area contributed by atoms with Crippen molar-refractivity contribution in [3.8, 4) is 0 Å². The van der Waals surface area contributed by atoms with Gasteiger partial charge in [-0.2, -0.15) is 0 Å². The van der Waals surface area contributed by atoms with Crippen LogP contribution in [-0.4, -0.2) is 87.4 Å². The summed E-state index contributed by atoms with van der Waals surface area (Å²) in [5, 5.41) is 9.67. The average Bonchev–Trinajstić information content (AvgIpc) is 3.24. The second-order valence-corrected chi connectivity index (χ2v) is 19.2. The zero-order valence-electron chi connectivity index (χ0n) is 42.0. The van der Waals surface area contributed by atoms with Gasteiger partial charge in [0.2, 0.25) is 0 Å². The van der Waals surface area contributed by atoms with E-state index in [0.29, 0.717) is 17.4 Å². The monoisotopic (exact) mass is 893 g/mol. The number of aliphatic carboxylic acids is 1. The summed E-state index contributed by atoms with van der Waals surface area (Å²) in [4.78, 5) is 37.3. The molecule has 9 heteroatoms. The molecule has 0 heterocycles. The van der Waals surface area contributed by atoms with Crippen molar-refractivity contribution < 1.29 is 42.9 Å². The van der Waals surface area contributed by atoms with Crippen LogP contribution < -0.4 is 0 Å². The maximum absolute atomic E-state index is 12.8. The van der Waals surface area contributed by atoms with Gasteiger partial charge in [0.05, 0.1) is 34.4 Å². The third-order valence-electron chi connectivity index (χ3n) is 11.7. The van der Waals surface area contributed by atoms with Gasteiger partial charge < -0.3 is 28.5 Å². The maximum Gasteiger partial charge on any atom is 0.361 e. The van der Waals surface area contributed by atoms with Gasteiger partial charge in [0.15, 0.2) is 6.10 Å². The van der Waals surface area contributed by atoms with Crippen LogP contribution in [0, 0.1) is 0 Å². The van der Waals surface area contributed by atoms with Crippen molar-refractivity contribution in [3.05, 3.63) is 24.3 Å². The van der Waals surface area contributed by atoms with Gasteiger partial charge in [-0.3, -0.25) is 9.59 Å². The first-order valence-corrected chi connectivity index (χ1v) is 26.5. The Balaban J connectivity index is 4.28. The van der Waals surface area contributed by atoms with E-state index in [2.05, 4.69) is 38.2 Å². The molecular formula is C54H102NO8+. The summed E-state index contributed by atoms with van der Waals surface area (Å²) >= 11 is 0. The normalized spacial score (nSPS) is 13.0. The molecular weight excluding hydrogens is 791 g/mol. The van der Waals surface area contributed by atoms with Crippen molar-refractivity contribution in [2.24, 2.45) is 0 Å². The Bertz CT molecular complexity index is 1090. The predicted molar refractivity (Wildman–Crippen MR) is 263 cm³/mol. The fourth-order valence-electron chi connectivity index (χ4n) is 7.53. The summed E-state index contributed by atoms with van der Waals surface area (Å²) in [6.07, 6.45) is 49.6. The number of hydrogen-bond donors (Lipinski definition) is 1. The summed E-state index contributed by atoms with van der Waals surface area (Å²) < 4.78 is 22.8. The van der Waals surface area contributed by atoms with E-state index in [4.69, 9.17) is 18.9 Å². The molecule has 0 radical (unpaired) electrons. The fraction of sp³-hybridized carbons (Fsp3) is 0.870. The number of carboxylic acid groups (broad SMARTS) is 1. The van der Waals surface area contributed by atoms with Crippen LogP contribution in [0.1, 0.15) is 245 Å². The first-order chi connectivity index (χ1) is 30.6. The van der Waals surface area contributed by atoms with Crippen LogP contribution in [0.15, 0.2) is 24.3 Å². The molecule has 0 aliphatic heterocycles. The average molecular weight is 893 g/mol. The van der Waals surface area contributed by atoms with E-state index in [9.17, 15) is 19.5 Å². The van der Waals surface area contributed by atoms with E-state index in [0.717, 1.165) is 51.4 Å². The number of likely N-dealkylation sites (N-methyl/N-ethyl adjacent to an activating group) is 1. The predicted octanol–water partition coefficient (Wildman–Crippen LogP) is 14.8. The van der Waals surface area contributed by atoms with Crippen LogP contribution in [0.2, 0.25) is 0 Å². The van der Waals surface area contributed by atoms with Gasteiger partial charge in [-0.1, -0.05) is 192 Å². The molecule has 370 valence electrons. The highest BCUT2D eigenvalue weighted by Gasteiger charge is 2.25. The number of carbonyl (C=O) groups excluding carboxylic acids is 2. The summed E-state index contributed by atoms with van der Waals surface area (Å²) in [5.74, 6) is -2.01. The maximum atomic E-state index is 12.8. The van der Waals surface area contributed by atoms with Crippen LogP contribution in [0.5, 0.6) is 0 Å². The van der Waals surface area contributed by atoms with Crippen molar-refractivity contribution in [3.63, 3.8) is 0 Å². The third-order valence-corrected chi connectivity index (χ3v) is 11.7. The Morgan fingerprint density at radius 1 is 0.460 bits per heavy atom. The van der Waals surface area contributed by atoms with Crippen molar-refractivity contribution in [2.75, 3.05) is 47.5 Å². The lowest BCUT2D eigenvalue weighted by Gasteiger charge is -2.25. The molecule has 0 aromatic heterocycles. The molecule has 2 atom stereocenters. The molecule has 0 aromatic rings. The van der Waals surface area contributed by atoms with Crippen molar-refractivity contribution in [1.29, 1.82) is 0 Å². The molecule has 0 saturated carbocycles. The molecule has 0 fully saturated rings. The third kappa shape index (κ3) is 47.5. The molecule has 0 rings (SSSR count). The Kier molecular flexibility index (Phi) is 44.7. The van der Waals surface area contributed by atoms with Crippen LogP contribution >= 0.6 is 0 Å². The molecule has 2 unspecified atom stereocenters. The quantitative estimate of drug-likeness (QED) is 0.0211. The number of nitrogens with zero attached hydrogens (tertiary/aromatic N) is 1. The zero-order valence-corrected chi connectivity index (χ0v) is 42.0. The van der Waals surface area contributed by atoms with Gasteiger partial charge in [-0.15, -0.1) is 0 Å². The van der Waals surface area contributed by atoms with Gasteiger partial charge in [0, 0.05) is 12.8 Å². The van der Waals surface area contributed by atoms with E-state index >= 15 is 0 Å². The number of ether oxygens (including phenoxy) is 4. The standard InChI is InChI=1S/C54H101NO8/c1-6-8-10-12-14-16-18-20-22-23-24-25-26-27-28-29-31-33-35-37-39-41-43-45-52(57)63-50(49-62-54(53(58)59)60-47-46-55(3,4)5)48-61-51(56)44-42-40-38-36-34-32-30-21-19-17-15-13-11-9-7-2/h21,23-24,30,50,54H,6-20,22,25-29,31-49H2,1-5H3/p+1/b24-23-,30-21-. The minimum atomic E-state index is -1.51. The summed E-state index contributed by atoms with van der Waals surface area (Å²) in [6, 6.07) is 0. The van der Waals surface area contributed by atoms with E-state index < -0.39 is 24.3 Å². The molecule has 0 amide bonds. The zero-order chi connectivity index (χ0) is 46.3. The fourth-order valence-corrected chi connectivity index (χ4v) is 7.53. The second-order valence-electron chi connectivity index (χ2n) is 19.2.